The van der Waals surface area contributed by atoms with Crippen LogP contribution in [0.3, 0.4) is 0 Å². The van der Waals surface area contributed by atoms with Gasteiger partial charge in [0.1, 0.15) is 0 Å². The van der Waals surface area contributed by atoms with E-state index < -0.39 is 4.92 Å². The Labute approximate surface area is 179 Å². The molecule has 30 heavy (non-hydrogen) atoms. The van der Waals surface area contributed by atoms with E-state index in [1.165, 1.54) is 18.2 Å². The molecule has 0 bridgehead atoms. The van der Waals surface area contributed by atoms with Crippen LogP contribution in [0.25, 0.3) is 16.9 Å². The molecule has 0 radical (unpaired) electrons. The number of hydrogen-bond donors (Lipinski definition) is 1. The van der Waals surface area contributed by atoms with Crippen molar-refractivity contribution in [2.45, 2.75) is 5.16 Å². The number of nitro benzene ring substituents is 1. The fourth-order valence-corrected chi connectivity index (χ4v) is 3.47. The first-order valence-electron chi connectivity index (χ1n) is 8.65. The number of amides is 1. The summed E-state index contributed by atoms with van der Waals surface area (Å²) >= 11 is 7.10. The third-order valence-corrected chi connectivity index (χ3v) is 5.22. The van der Waals surface area contributed by atoms with E-state index in [4.69, 9.17) is 11.6 Å². The van der Waals surface area contributed by atoms with Crippen molar-refractivity contribution < 1.29 is 9.72 Å². The number of carbonyl (C=O) groups excluding carboxylic acids is 1. The molecule has 0 spiro atoms. The number of nitro groups is 1. The normalized spacial score (nSPS) is 10.8. The van der Waals surface area contributed by atoms with Gasteiger partial charge in [-0.1, -0.05) is 41.6 Å². The van der Waals surface area contributed by atoms with Crippen molar-refractivity contribution in [2.75, 3.05) is 11.1 Å². The summed E-state index contributed by atoms with van der Waals surface area (Å²) in [5.41, 5.74) is 2.40. The molecule has 0 atom stereocenters. The molecule has 0 aliphatic heterocycles. The highest BCUT2D eigenvalue weighted by atomic mass is 35.5. The lowest BCUT2D eigenvalue weighted by Crippen LogP contribution is -2.14. The third kappa shape index (κ3) is 4.39. The highest BCUT2D eigenvalue weighted by molar-refractivity contribution is 7.99. The van der Waals surface area contributed by atoms with Gasteiger partial charge in [0.2, 0.25) is 11.1 Å². The van der Waals surface area contributed by atoms with Crippen molar-refractivity contribution >= 4 is 46.3 Å². The smallest absolute Gasteiger partial charge is 0.271 e. The van der Waals surface area contributed by atoms with E-state index in [1.54, 1.807) is 28.8 Å². The minimum Gasteiger partial charge on any atom is -0.325 e. The van der Waals surface area contributed by atoms with Crippen LogP contribution in [0.2, 0.25) is 5.02 Å². The third-order valence-electron chi connectivity index (χ3n) is 4.05. The van der Waals surface area contributed by atoms with Crippen LogP contribution < -0.4 is 5.32 Å². The summed E-state index contributed by atoms with van der Waals surface area (Å²) < 4.78 is 1.56. The number of nitrogens with zero attached hydrogens (tertiary/aromatic N) is 5. The van der Waals surface area contributed by atoms with Crippen molar-refractivity contribution in [3.8, 4) is 11.3 Å². The molecular weight excluding hydrogens is 428 g/mol. The fourth-order valence-electron chi connectivity index (χ4n) is 2.66. The van der Waals surface area contributed by atoms with Crippen molar-refractivity contribution in [3.05, 3.63) is 75.8 Å². The van der Waals surface area contributed by atoms with Gasteiger partial charge >= 0.3 is 0 Å². The zero-order valence-corrected chi connectivity index (χ0v) is 16.8. The van der Waals surface area contributed by atoms with Gasteiger partial charge in [-0.2, -0.15) is 9.61 Å². The second-order valence-electron chi connectivity index (χ2n) is 6.12. The Bertz CT molecular complexity index is 1240. The van der Waals surface area contributed by atoms with Crippen LogP contribution in [0.1, 0.15) is 0 Å². The summed E-state index contributed by atoms with van der Waals surface area (Å²) in [6.45, 7) is 0. The average Bonchev–Trinajstić information content (AvgIpc) is 3.15. The van der Waals surface area contributed by atoms with Gasteiger partial charge in [0.05, 0.1) is 16.4 Å². The maximum atomic E-state index is 12.3. The van der Waals surface area contributed by atoms with Crippen LogP contribution in [0.15, 0.2) is 65.8 Å². The zero-order valence-electron chi connectivity index (χ0n) is 15.2. The van der Waals surface area contributed by atoms with Crippen LogP contribution in [0, 0.1) is 10.1 Å². The largest absolute Gasteiger partial charge is 0.325 e. The molecule has 2 aromatic heterocycles. The first-order valence-corrected chi connectivity index (χ1v) is 10.0. The fraction of sp³-hybridized carbons (Fsp3) is 0.0526. The van der Waals surface area contributed by atoms with Gasteiger partial charge in [0, 0.05) is 28.4 Å². The molecule has 0 unspecified atom stereocenters. The van der Waals surface area contributed by atoms with Gasteiger partial charge in [-0.05, 0) is 30.3 Å². The number of halogens is 1. The molecule has 4 rings (SSSR count). The number of thioether (sulfide) groups is 1. The predicted molar refractivity (Wildman–Crippen MR) is 114 cm³/mol. The van der Waals surface area contributed by atoms with Gasteiger partial charge in [-0.3, -0.25) is 14.9 Å². The number of hydrogen-bond acceptors (Lipinski definition) is 7. The molecule has 0 aliphatic carbocycles. The van der Waals surface area contributed by atoms with E-state index in [-0.39, 0.29) is 17.3 Å². The molecule has 0 saturated heterocycles. The van der Waals surface area contributed by atoms with Gasteiger partial charge in [-0.15, -0.1) is 10.2 Å². The SMILES string of the molecule is O=C(CSc1nnc2ccc(-c3ccc(Cl)cc3)nn12)Nc1cccc([N+](=O)[O-])c1. The Balaban J connectivity index is 1.48. The number of carbonyl (C=O) groups is 1. The topological polar surface area (TPSA) is 115 Å². The highest BCUT2D eigenvalue weighted by Crippen LogP contribution is 2.23. The molecule has 1 amide bonds. The van der Waals surface area contributed by atoms with Crippen LogP contribution in [0.5, 0.6) is 0 Å². The number of anilines is 1. The van der Waals surface area contributed by atoms with E-state index in [0.717, 1.165) is 17.3 Å². The maximum Gasteiger partial charge on any atom is 0.271 e. The van der Waals surface area contributed by atoms with E-state index in [0.29, 0.717) is 27.2 Å². The standard InChI is InChI=1S/C19H13ClN6O3S/c20-13-6-4-12(5-7-13)16-8-9-17-22-23-19(25(17)24-16)30-11-18(27)21-14-2-1-3-15(10-14)26(28)29/h1-10H,11H2,(H,21,27). The summed E-state index contributed by atoms with van der Waals surface area (Å²) in [6, 6.07) is 16.7. The Morgan fingerprint density at radius 1 is 1.13 bits per heavy atom. The Morgan fingerprint density at radius 2 is 1.93 bits per heavy atom. The summed E-state index contributed by atoms with van der Waals surface area (Å²) in [4.78, 5) is 22.6. The van der Waals surface area contributed by atoms with Crippen molar-refractivity contribution in [1.29, 1.82) is 0 Å². The minimum absolute atomic E-state index is 0.0380. The van der Waals surface area contributed by atoms with Crippen LogP contribution in [-0.2, 0) is 4.79 Å². The lowest BCUT2D eigenvalue weighted by molar-refractivity contribution is -0.384. The summed E-state index contributed by atoms with van der Waals surface area (Å²) in [7, 11) is 0. The maximum absolute atomic E-state index is 12.3. The molecule has 0 aliphatic rings. The second-order valence-corrected chi connectivity index (χ2v) is 7.50. The molecule has 0 saturated carbocycles. The second kappa shape index (κ2) is 8.47. The van der Waals surface area contributed by atoms with E-state index in [2.05, 4.69) is 20.6 Å². The summed E-state index contributed by atoms with van der Waals surface area (Å²) in [5.74, 6) is -0.290. The van der Waals surface area contributed by atoms with Gasteiger partial charge in [0.25, 0.3) is 5.69 Å². The van der Waals surface area contributed by atoms with E-state index in [1.807, 2.05) is 18.2 Å². The lowest BCUT2D eigenvalue weighted by atomic mass is 10.1. The van der Waals surface area contributed by atoms with Crippen molar-refractivity contribution in [1.82, 2.24) is 19.8 Å². The highest BCUT2D eigenvalue weighted by Gasteiger charge is 2.13. The molecule has 0 fully saturated rings. The van der Waals surface area contributed by atoms with E-state index in [9.17, 15) is 14.9 Å². The first kappa shape index (κ1) is 19.8. The average molecular weight is 441 g/mol. The van der Waals surface area contributed by atoms with Gasteiger partial charge in [-0.25, -0.2) is 0 Å². The molecule has 11 heteroatoms. The van der Waals surface area contributed by atoms with E-state index >= 15 is 0 Å². The minimum atomic E-state index is -0.517. The van der Waals surface area contributed by atoms with Crippen molar-refractivity contribution in [2.24, 2.45) is 0 Å². The molecule has 4 aromatic rings. The number of rotatable bonds is 6. The summed E-state index contributed by atoms with van der Waals surface area (Å²) in [6.07, 6.45) is 0. The van der Waals surface area contributed by atoms with Gasteiger partial charge in [0.15, 0.2) is 5.65 Å². The lowest BCUT2D eigenvalue weighted by Gasteiger charge is -2.05. The van der Waals surface area contributed by atoms with Gasteiger partial charge < -0.3 is 5.32 Å². The molecule has 2 heterocycles. The molecule has 1 N–H and O–H groups in total. The Kier molecular flexibility index (Phi) is 5.59. The zero-order chi connectivity index (χ0) is 21.1. The van der Waals surface area contributed by atoms with Crippen LogP contribution in [-0.4, -0.2) is 36.4 Å². The number of aromatic nitrogens is 4. The molecular formula is C19H13ClN6O3S. The quantitative estimate of drug-likeness (QED) is 0.273. The van der Waals surface area contributed by atoms with Crippen LogP contribution in [0.4, 0.5) is 11.4 Å². The Hall–Kier alpha value is -3.50. The van der Waals surface area contributed by atoms with Crippen molar-refractivity contribution in [3.63, 3.8) is 0 Å². The number of fused-ring (bicyclic) bond motifs is 1. The number of non-ortho nitro benzene ring substituents is 1. The first-order chi connectivity index (χ1) is 14.5. The van der Waals surface area contributed by atoms with Crippen LogP contribution >= 0.6 is 23.4 Å². The summed E-state index contributed by atoms with van der Waals surface area (Å²) in [5, 5.41) is 27.3. The molecule has 150 valence electrons. The molecule has 2 aromatic carbocycles. The Morgan fingerprint density at radius 3 is 2.70 bits per heavy atom. The monoisotopic (exact) mass is 440 g/mol. The predicted octanol–water partition coefficient (Wildman–Crippen LogP) is 4.08. The number of nitrogens with one attached hydrogen (secondary N) is 1. The number of benzene rings is 2. The molecule has 9 nitrogen and oxygen atoms in total.